The van der Waals surface area contributed by atoms with E-state index in [1.165, 1.54) is 12.1 Å². The summed E-state index contributed by atoms with van der Waals surface area (Å²) in [5.41, 5.74) is 0.729. The number of halogens is 2. The summed E-state index contributed by atoms with van der Waals surface area (Å²) in [6, 6.07) is 4.42. The SMILES string of the molecule is O=C(Cc1cc(F)ccc1Br)C1CNC1. The summed E-state index contributed by atoms with van der Waals surface area (Å²) in [5, 5.41) is 3.05. The molecule has 2 rings (SSSR count). The first kappa shape index (κ1) is 10.8. The van der Waals surface area contributed by atoms with Gasteiger partial charge in [-0.2, -0.15) is 0 Å². The Labute approximate surface area is 96.0 Å². The van der Waals surface area contributed by atoms with E-state index in [1.54, 1.807) is 6.07 Å². The first-order valence-electron chi connectivity index (χ1n) is 4.84. The lowest BCUT2D eigenvalue weighted by atomic mass is 9.93. The van der Waals surface area contributed by atoms with E-state index >= 15 is 0 Å². The van der Waals surface area contributed by atoms with Crippen molar-refractivity contribution in [2.24, 2.45) is 5.92 Å². The van der Waals surface area contributed by atoms with Crippen LogP contribution in [0.25, 0.3) is 0 Å². The minimum Gasteiger partial charge on any atom is -0.315 e. The summed E-state index contributed by atoms with van der Waals surface area (Å²) in [7, 11) is 0. The van der Waals surface area contributed by atoms with Crippen LogP contribution in [0.1, 0.15) is 5.56 Å². The summed E-state index contributed by atoms with van der Waals surface area (Å²) in [4.78, 5) is 11.7. The van der Waals surface area contributed by atoms with Crippen LogP contribution in [0, 0.1) is 11.7 Å². The Hall–Kier alpha value is -0.740. The molecule has 0 bridgehead atoms. The van der Waals surface area contributed by atoms with E-state index in [9.17, 15) is 9.18 Å². The number of carbonyl (C=O) groups excluding carboxylic acids is 1. The second kappa shape index (κ2) is 4.41. The number of rotatable bonds is 3. The molecule has 1 heterocycles. The molecule has 1 saturated heterocycles. The Kier molecular flexibility index (Phi) is 3.17. The third-order valence-corrected chi connectivity index (χ3v) is 3.38. The first-order chi connectivity index (χ1) is 7.16. The van der Waals surface area contributed by atoms with Crippen molar-refractivity contribution >= 4 is 21.7 Å². The average molecular weight is 272 g/mol. The van der Waals surface area contributed by atoms with E-state index in [1.807, 2.05) is 0 Å². The van der Waals surface area contributed by atoms with Crippen molar-refractivity contribution in [3.8, 4) is 0 Å². The Morgan fingerprint density at radius 2 is 2.27 bits per heavy atom. The number of nitrogens with one attached hydrogen (secondary N) is 1. The minimum absolute atomic E-state index is 0.111. The van der Waals surface area contributed by atoms with Crippen LogP contribution in [0.4, 0.5) is 4.39 Å². The molecule has 15 heavy (non-hydrogen) atoms. The second-order valence-electron chi connectivity index (χ2n) is 3.73. The molecule has 0 amide bonds. The lowest BCUT2D eigenvalue weighted by Crippen LogP contribution is -2.47. The zero-order valence-electron chi connectivity index (χ0n) is 8.09. The maximum absolute atomic E-state index is 13.0. The molecule has 80 valence electrons. The van der Waals surface area contributed by atoms with Gasteiger partial charge in [-0.05, 0) is 23.8 Å². The fourth-order valence-electron chi connectivity index (χ4n) is 1.53. The second-order valence-corrected chi connectivity index (χ2v) is 4.59. The Morgan fingerprint density at radius 3 is 2.87 bits per heavy atom. The molecule has 0 radical (unpaired) electrons. The van der Waals surface area contributed by atoms with Gasteiger partial charge >= 0.3 is 0 Å². The zero-order valence-corrected chi connectivity index (χ0v) is 9.68. The molecular weight excluding hydrogens is 261 g/mol. The summed E-state index contributed by atoms with van der Waals surface area (Å²) in [5.74, 6) is -0.00653. The van der Waals surface area contributed by atoms with Crippen LogP contribution in [-0.2, 0) is 11.2 Å². The molecule has 0 spiro atoms. The van der Waals surface area contributed by atoms with E-state index in [0.717, 1.165) is 23.1 Å². The third-order valence-electron chi connectivity index (χ3n) is 2.61. The van der Waals surface area contributed by atoms with Crippen LogP contribution in [0.2, 0.25) is 0 Å². The Balaban J connectivity index is 2.09. The van der Waals surface area contributed by atoms with E-state index in [-0.39, 0.29) is 17.5 Å². The van der Waals surface area contributed by atoms with Gasteiger partial charge in [-0.3, -0.25) is 4.79 Å². The van der Waals surface area contributed by atoms with Crippen molar-refractivity contribution in [2.45, 2.75) is 6.42 Å². The van der Waals surface area contributed by atoms with Crippen LogP contribution in [-0.4, -0.2) is 18.9 Å². The highest BCUT2D eigenvalue weighted by atomic mass is 79.9. The Bertz CT molecular complexity index is 390. The average Bonchev–Trinajstić information content (AvgIpc) is 2.08. The number of hydrogen-bond donors (Lipinski definition) is 1. The monoisotopic (exact) mass is 271 g/mol. The minimum atomic E-state index is -0.298. The smallest absolute Gasteiger partial charge is 0.142 e. The van der Waals surface area contributed by atoms with Gasteiger partial charge in [-0.1, -0.05) is 15.9 Å². The molecule has 1 aliphatic heterocycles. The van der Waals surface area contributed by atoms with Crippen molar-refractivity contribution in [2.75, 3.05) is 13.1 Å². The number of Topliss-reactive ketones (excluding diaryl/α,β-unsaturated/α-hetero) is 1. The topological polar surface area (TPSA) is 29.1 Å². The quantitative estimate of drug-likeness (QED) is 0.910. The van der Waals surface area contributed by atoms with E-state index < -0.39 is 0 Å². The molecule has 0 atom stereocenters. The van der Waals surface area contributed by atoms with Gasteiger partial charge < -0.3 is 5.32 Å². The van der Waals surface area contributed by atoms with Crippen molar-refractivity contribution in [3.05, 3.63) is 34.1 Å². The molecule has 1 N–H and O–H groups in total. The van der Waals surface area contributed by atoms with Crippen molar-refractivity contribution in [1.29, 1.82) is 0 Å². The summed E-state index contributed by atoms with van der Waals surface area (Å²) in [6.45, 7) is 1.51. The number of hydrogen-bond acceptors (Lipinski definition) is 2. The van der Waals surface area contributed by atoms with Crippen LogP contribution in [0.5, 0.6) is 0 Å². The highest BCUT2D eigenvalue weighted by Gasteiger charge is 2.25. The predicted octanol–water partition coefficient (Wildman–Crippen LogP) is 1.92. The summed E-state index contributed by atoms with van der Waals surface area (Å²) >= 11 is 3.31. The largest absolute Gasteiger partial charge is 0.315 e. The molecule has 1 fully saturated rings. The van der Waals surface area contributed by atoms with Gasteiger partial charge in [0.2, 0.25) is 0 Å². The van der Waals surface area contributed by atoms with Crippen molar-refractivity contribution < 1.29 is 9.18 Å². The molecule has 0 saturated carbocycles. The van der Waals surface area contributed by atoms with E-state index in [2.05, 4.69) is 21.2 Å². The highest BCUT2D eigenvalue weighted by Crippen LogP contribution is 2.20. The first-order valence-corrected chi connectivity index (χ1v) is 5.63. The molecule has 0 aromatic heterocycles. The standard InChI is InChI=1S/C11H11BrFNO/c12-10-2-1-9(13)3-7(10)4-11(15)8-5-14-6-8/h1-3,8,14H,4-6H2. The molecule has 0 unspecified atom stereocenters. The molecule has 1 aromatic carbocycles. The maximum Gasteiger partial charge on any atom is 0.142 e. The van der Waals surface area contributed by atoms with Crippen molar-refractivity contribution in [1.82, 2.24) is 5.32 Å². The lowest BCUT2D eigenvalue weighted by molar-refractivity contribution is -0.123. The fourth-order valence-corrected chi connectivity index (χ4v) is 1.91. The van der Waals surface area contributed by atoms with Crippen LogP contribution < -0.4 is 5.32 Å². The molecular formula is C11H11BrFNO. The normalized spacial score (nSPS) is 16.1. The zero-order chi connectivity index (χ0) is 10.8. The molecule has 1 aromatic rings. The van der Waals surface area contributed by atoms with Gasteiger partial charge in [0.1, 0.15) is 11.6 Å². The van der Waals surface area contributed by atoms with Crippen molar-refractivity contribution in [3.63, 3.8) is 0 Å². The maximum atomic E-state index is 13.0. The number of benzene rings is 1. The van der Waals surface area contributed by atoms with Gasteiger partial charge in [0.25, 0.3) is 0 Å². The third kappa shape index (κ3) is 2.44. The lowest BCUT2D eigenvalue weighted by Gasteiger charge is -2.25. The molecule has 0 aliphatic carbocycles. The predicted molar refractivity (Wildman–Crippen MR) is 59.2 cm³/mol. The van der Waals surface area contributed by atoms with E-state index in [0.29, 0.717) is 6.42 Å². The molecule has 1 aliphatic rings. The van der Waals surface area contributed by atoms with Crippen LogP contribution >= 0.6 is 15.9 Å². The fraction of sp³-hybridized carbons (Fsp3) is 0.364. The highest BCUT2D eigenvalue weighted by molar-refractivity contribution is 9.10. The molecule has 2 nitrogen and oxygen atoms in total. The van der Waals surface area contributed by atoms with Gasteiger partial charge in [0.05, 0.1) is 0 Å². The summed E-state index contributed by atoms with van der Waals surface area (Å²) in [6.07, 6.45) is 0.310. The number of carbonyl (C=O) groups is 1. The van der Waals surface area contributed by atoms with Crippen LogP contribution in [0.3, 0.4) is 0 Å². The van der Waals surface area contributed by atoms with Gasteiger partial charge in [-0.25, -0.2) is 4.39 Å². The van der Waals surface area contributed by atoms with Gasteiger partial charge in [0.15, 0.2) is 0 Å². The van der Waals surface area contributed by atoms with E-state index in [4.69, 9.17) is 0 Å². The number of ketones is 1. The van der Waals surface area contributed by atoms with Crippen LogP contribution in [0.15, 0.2) is 22.7 Å². The van der Waals surface area contributed by atoms with Gasteiger partial charge in [0, 0.05) is 29.9 Å². The molecule has 4 heteroatoms. The summed E-state index contributed by atoms with van der Waals surface area (Å²) < 4.78 is 13.7. The van der Waals surface area contributed by atoms with Gasteiger partial charge in [-0.15, -0.1) is 0 Å². The Morgan fingerprint density at radius 1 is 1.53 bits per heavy atom.